The number of aromatic nitrogens is 2. The van der Waals surface area contributed by atoms with Crippen LogP contribution in [0.2, 0.25) is 0 Å². The molecule has 11 heavy (non-hydrogen) atoms. The molecule has 1 aromatic heterocycles. The zero-order chi connectivity index (χ0) is 8.43. The smallest absolute Gasteiger partial charge is 0.173 e. The average molecular weight is 152 g/mol. The molecule has 0 aliphatic carbocycles. The van der Waals surface area contributed by atoms with Crippen LogP contribution in [0, 0.1) is 13.8 Å². The van der Waals surface area contributed by atoms with Crippen molar-refractivity contribution in [3.63, 3.8) is 0 Å². The molecule has 0 saturated heterocycles. The van der Waals surface area contributed by atoms with E-state index in [1.807, 2.05) is 13.8 Å². The Bertz CT molecular complexity index is 265. The number of nitrogens with two attached hydrogens (primary N) is 1. The number of hydrogen-bond acceptors (Lipinski definition) is 2. The summed E-state index contributed by atoms with van der Waals surface area (Å²) in [6.45, 7) is 3.88. The minimum Gasteiger partial charge on any atom is -0.381 e. The summed E-state index contributed by atoms with van der Waals surface area (Å²) in [7, 11) is 1.64. The molecule has 0 atom stereocenters. The Morgan fingerprint density at radius 2 is 2.18 bits per heavy atom. The van der Waals surface area contributed by atoms with E-state index in [0.29, 0.717) is 11.7 Å². The van der Waals surface area contributed by atoms with Gasteiger partial charge < -0.3 is 10.7 Å². The lowest BCUT2D eigenvalue weighted by Crippen LogP contribution is -2.14. The maximum atomic E-state index is 5.53. The van der Waals surface area contributed by atoms with Gasteiger partial charge in [0.05, 0.1) is 5.69 Å². The van der Waals surface area contributed by atoms with Crippen LogP contribution in [0.15, 0.2) is 4.99 Å². The first-order valence-electron chi connectivity index (χ1n) is 3.41. The Kier molecular flexibility index (Phi) is 1.94. The monoisotopic (exact) mass is 152 g/mol. The van der Waals surface area contributed by atoms with Crippen molar-refractivity contribution in [2.45, 2.75) is 13.8 Å². The highest BCUT2D eigenvalue weighted by Crippen LogP contribution is 2.01. The highest BCUT2D eigenvalue weighted by molar-refractivity contribution is 5.94. The summed E-state index contributed by atoms with van der Waals surface area (Å²) >= 11 is 0. The fourth-order valence-electron chi connectivity index (χ4n) is 0.775. The summed E-state index contributed by atoms with van der Waals surface area (Å²) in [5, 5.41) is 0. The number of amidine groups is 1. The van der Waals surface area contributed by atoms with Gasteiger partial charge in [-0.25, -0.2) is 4.98 Å². The van der Waals surface area contributed by atoms with Crippen LogP contribution in [0.4, 0.5) is 0 Å². The van der Waals surface area contributed by atoms with Gasteiger partial charge in [-0.1, -0.05) is 0 Å². The molecule has 0 bridgehead atoms. The molecule has 4 heteroatoms. The van der Waals surface area contributed by atoms with E-state index >= 15 is 0 Å². The number of hydrogen-bond donors (Lipinski definition) is 2. The molecule has 0 spiro atoms. The zero-order valence-electron chi connectivity index (χ0n) is 6.97. The van der Waals surface area contributed by atoms with Crippen molar-refractivity contribution in [1.29, 1.82) is 0 Å². The van der Waals surface area contributed by atoms with Crippen molar-refractivity contribution >= 4 is 5.84 Å². The molecule has 0 aliphatic rings. The second-order valence-electron chi connectivity index (χ2n) is 2.40. The van der Waals surface area contributed by atoms with E-state index in [1.165, 1.54) is 0 Å². The Morgan fingerprint density at radius 1 is 1.55 bits per heavy atom. The summed E-state index contributed by atoms with van der Waals surface area (Å²) in [6, 6.07) is 0. The van der Waals surface area contributed by atoms with Crippen LogP contribution in [0.25, 0.3) is 0 Å². The van der Waals surface area contributed by atoms with Crippen LogP contribution < -0.4 is 5.73 Å². The summed E-state index contributed by atoms with van der Waals surface area (Å²) in [6.07, 6.45) is 0. The molecule has 0 saturated carbocycles. The van der Waals surface area contributed by atoms with Crippen LogP contribution in [0.1, 0.15) is 17.2 Å². The van der Waals surface area contributed by atoms with Crippen molar-refractivity contribution < 1.29 is 0 Å². The Morgan fingerprint density at radius 3 is 2.55 bits per heavy atom. The molecular formula is C7H12N4. The third kappa shape index (κ3) is 1.39. The largest absolute Gasteiger partial charge is 0.381 e. The minimum atomic E-state index is 0.446. The fraction of sp³-hybridized carbons (Fsp3) is 0.429. The Balaban J connectivity index is 3.07. The molecule has 0 fully saturated rings. The topological polar surface area (TPSA) is 67.1 Å². The maximum absolute atomic E-state index is 5.53. The molecule has 1 rings (SSSR count). The van der Waals surface area contributed by atoms with E-state index in [4.69, 9.17) is 5.73 Å². The van der Waals surface area contributed by atoms with Crippen molar-refractivity contribution in [2.24, 2.45) is 10.7 Å². The second kappa shape index (κ2) is 2.74. The number of rotatable bonds is 1. The van der Waals surface area contributed by atoms with Crippen molar-refractivity contribution in [3.05, 3.63) is 17.2 Å². The number of nitrogens with zero attached hydrogens (tertiary/aromatic N) is 2. The summed E-state index contributed by atoms with van der Waals surface area (Å²) in [5.74, 6) is 1.10. The molecule has 1 heterocycles. The van der Waals surface area contributed by atoms with Crippen LogP contribution in [0.5, 0.6) is 0 Å². The third-order valence-corrected chi connectivity index (χ3v) is 1.61. The average Bonchev–Trinajstić information content (AvgIpc) is 2.31. The van der Waals surface area contributed by atoms with E-state index in [9.17, 15) is 0 Å². The summed E-state index contributed by atoms with van der Waals surface area (Å²) in [4.78, 5) is 11.0. The van der Waals surface area contributed by atoms with E-state index in [-0.39, 0.29) is 0 Å². The number of aryl methyl sites for hydroxylation is 2. The molecule has 4 nitrogen and oxygen atoms in total. The Hall–Kier alpha value is -1.32. The minimum absolute atomic E-state index is 0.446. The van der Waals surface area contributed by atoms with Crippen LogP contribution >= 0.6 is 0 Å². The van der Waals surface area contributed by atoms with Gasteiger partial charge in [0.25, 0.3) is 0 Å². The van der Waals surface area contributed by atoms with Gasteiger partial charge in [0.2, 0.25) is 0 Å². The standard InChI is InChI=1S/C7H12N4/c1-4-5(2)11-7(10-4)6(8)9-3/h1-3H3,(H2,8,9)(H,10,11). The highest BCUT2D eigenvalue weighted by atomic mass is 15.0. The van der Waals surface area contributed by atoms with Crippen LogP contribution in [0.3, 0.4) is 0 Å². The predicted octanol–water partition coefficient (Wildman–Crippen LogP) is 0.362. The lowest BCUT2D eigenvalue weighted by molar-refractivity contribution is 1.19. The van der Waals surface area contributed by atoms with Gasteiger partial charge in [0.1, 0.15) is 0 Å². The van der Waals surface area contributed by atoms with Gasteiger partial charge in [0.15, 0.2) is 11.7 Å². The van der Waals surface area contributed by atoms with Crippen molar-refractivity contribution in [2.75, 3.05) is 7.05 Å². The van der Waals surface area contributed by atoms with Crippen LogP contribution in [-0.4, -0.2) is 22.9 Å². The molecule has 3 N–H and O–H groups in total. The van der Waals surface area contributed by atoms with E-state index in [2.05, 4.69) is 15.0 Å². The lowest BCUT2D eigenvalue weighted by Gasteiger charge is -1.90. The number of aromatic amines is 1. The number of imidazole rings is 1. The molecule has 0 amide bonds. The first-order valence-corrected chi connectivity index (χ1v) is 3.41. The first-order chi connectivity index (χ1) is 5.15. The number of H-pyrrole nitrogens is 1. The molecule has 1 aromatic rings. The van der Waals surface area contributed by atoms with E-state index < -0.39 is 0 Å². The van der Waals surface area contributed by atoms with E-state index in [0.717, 1.165) is 11.4 Å². The quantitative estimate of drug-likeness (QED) is 0.450. The predicted molar refractivity (Wildman–Crippen MR) is 44.7 cm³/mol. The van der Waals surface area contributed by atoms with Gasteiger partial charge >= 0.3 is 0 Å². The van der Waals surface area contributed by atoms with Crippen molar-refractivity contribution in [3.8, 4) is 0 Å². The van der Waals surface area contributed by atoms with Gasteiger partial charge in [-0.05, 0) is 13.8 Å². The molecule has 0 unspecified atom stereocenters. The van der Waals surface area contributed by atoms with Crippen molar-refractivity contribution in [1.82, 2.24) is 9.97 Å². The van der Waals surface area contributed by atoms with Gasteiger partial charge in [-0.3, -0.25) is 4.99 Å². The Labute approximate surface area is 65.6 Å². The van der Waals surface area contributed by atoms with Gasteiger partial charge in [-0.2, -0.15) is 0 Å². The third-order valence-electron chi connectivity index (χ3n) is 1.61. The molecule has 60 valence electrons. The fourth-order valence-corrected chi connectivity index (χ4v) is 0.775. The second-order valence-corrected chi connectivity index (χ2v) is 2.40. The molecule has 0 aliphatic heterocycles. The molecule has 0 aromatic carbocycles. The molecular weight excluding hydrogens is 140 g/mol. The zero-order valence-corrected chi connectivity index (χ0v) is 6.97. The lowest BCUT2D eigenvalue weighted by atomic mass is 10.4. The van der Waals surface area contributed by atoms with E-state index in [1.54, 1.807) is 7.05 Å². The van der Waals surface area contributed by atoms with Crippen LogP contribution in [-0.2, 0) is 0 Å². The number of aliphatic imine (C=N–C) groups is 1. The molecule has 0 radical (unpaired) electrons. The van der Waals surface area contributed by atoms with Gasteiger partial charge in [-0.15, -0.1) is 0 Å². The van der Waals surface area contributed by atoms with Gasteiger partial charge in [0, 0.05) is 12.7 Å². The summed E-state index contributed by atoms with van der Waals surface area (Å²) in [5.41, 5.74) is 7.53. The first kappa shape index (κ1) is 7.78. The highest BCUT2D eigenvalue weighted by Gasteiger charge is 2.03. The normalized spacial score (nSPS) is 12.1. The number of nitrogens with one attached hydrogen (secondary N) is 1. The maximum Gasteiger partial charge on any atom is 0.173 e. The SMILES string of the molecule is CN=C(N)c1nc(C)c(C)[nH]1. The summed E-state index contributed by atoms with van der Waals surface area (Å²) < 4.78 is 0.